The maximum Gasteiger partial charge on any atom is 0.0159 e. The molecule has 0 bridgehead atoms. The lowest BCUT2D eigenvalue weighted by Gasteiger charge is -2.20. The molecular formula is C13H28BrN. The third kappa shape index (κ3) is 10.7. The van der Waals surface area contributed by atoms with E-state index in [1.807, 2.05) is 0 Å². The lowest BCUT2D eigenvalue weighted by molar-refractivity contribution is 0.279. The third-order valence-corrected chi connectivity index (χ3v) is 3.16. The second-order valence-electron chi connectivity index (χ2n) is 4.30. The molecule has 0 aromatic rings. The van der Waals surface area contributed by atoms with E-state index in [1.165, 1.54) is 64.6 Å². The quantitative estimate of drug-likeness (QED) is 0.398. The van der Waals surface area contributed by atoms with E-state index in [2.05, 4.69) is 34.7 Å². The summed E-state index contributed by atoms with van der Waals surface area (Å²) in [6.07, 6.45) is 9.65. The molecule has 0 saturated carbocycles. The molecule has 0 fully saturated rings. The van der Waals surface area contributed by atoms with Gasteiger partial charge in [0.2, 0.25) is 0 Å². The van der Waals surface area contributed by atoms with Crippen LogP contribution >= 0.6 is 15.9 Å². The van der Waals surface area contributed by atoms with Crippen LogP contribution in [0.4, 0.5) is 0 Å². The maximum absolute atomic E-state index is 3.53. The van der Waals surface area contributed by atoms with Crippen molar-refractivity contribution < 1.29 is 0 Å². The molecule has 0 aliphatic rings. The predicted molar refractivity (Wildman–Crippen MR) is 73.9 cm³/mol. The standard InChI is InChI=1S/C13H28BrN/c1-3-5-7-8-9-12-15(13-10-14)11-6-4-2/h3-13H2,1-2H3. The minimum absolute atomic E-state index is 1.12. The van der Waals surface area contributed by atoms with E-state index in [0.717, 1.165) is 5.33 Å². The first-order valence-electron chi connectivity index (χ1n) is 6.63. The van der Waals surface area contributed by atoms with Gasteiger partial charge >= 0.3 is 0 Å². The summed E-state index contributed by atoms with van der Waals surface area (Å²) in [5.74, 6) is 0. The summed E-state index contributed by atoms with van der Waals surface area (Å²) < 4.78 is 0. The van der Waals surface area contributed by atoms with Crippen molar-refractivity contribution in [2.45, 2.75) is 58.8 Å². The second-order valence-corrected chi connectivity index (χ2v) is 5.09. The Kier molecular flexibility index (Phi) is 12.9. The van der Waals surface area contributed by atoms with Crippen LogP contribution in [0.15, 0.2) is 0 Å². The normalized spacial score (nSPS) is 11.2. The molecule has 1 nitrogen and oxygen atoms in total. The molecule has 15 heavy (non-hydrogen) atoms. The molecule has 0 N–H and O–H groups in total. The SMILES string of the molecule is CCCCCCCN(CCBr)CCCC. The Morgan fingerprint density at radius 3 is 1.93 bits per heavy atom. The molecule has 0 atom stereocenters. The van der Waals surface area contributed by atoms with Gasteiger partial charge in [0.25, 0.3) is 0 Å². The van der Waals surface area contributed by atoms with Gasteiger partial charge in [-0.1, -0.05) is 61.9 Å². The maximum atomic E-state index is 3.53. The molecule has 0 saturated heterocycles. The van der Waals surface area contributed by atoms with E-state index in [4.69, 9.17) is 0 Å². The summed E-state index contributed by atoms with van der Waals surface area (Å²) in [7, 11) is 0. The number of hydrogen-bond donors (Lipinski definition) is 0. The Labute approximate surface area is 105 Å². The van der Waals surface area contributed by atoms with Crippen molar-refractivity contribution in [1.29, 1.82) is 0 Å². The summed E-state index contributed by atoms with van der Waals surface area (Å²) in [4.78, 5) is 2.60. The van der Waals surface area contributed by atoms with Gasteiger partial charge in [-0.25, -0.2) is 0 Å². The van der Waals surface area contributed by atoms with Crippen LogP contribution in [0.2, 0.25) is 0 Å². The fourth-order valence-corrected chi connectivity index (χ4v) is 2.28. The largest absolute Gasteiger partial charge is 0.303 e. The van der Waals surface area contributed by atoms with Gasteiger partial charge in [0.15, 0.2) is 0 Å². The average molecular weight is 278 g/mol. The van der Waals surface area contributed by atoms with Gasteiger partial charge in [-0.2, -0.15) is 0 Å². The zero-order chi connectivity index (χ0) is 11.4. The van der Waals surface area contributed by atoms with Crippen LogP contribution in [0, 0.1) is 0 Å². The molecule has 2 heteroatoms. The first kappa shape index (κ1) is 15.4. The molecule has 0 heterocycles. The summed E-state index contributed by atoms with van der Waals surface area (Å²) in [6.45, 7) is 8.35. The number of alkyl halides is 1. The Balaban J connectivity index is 3.38. The van der Waals surface area contributed by atoms with Gasteiger partial charge in [-0.15, -0.1) is 0 Å². The zero-order valence-electron chi connectivity index (χ0n) is 10.6. The highest BCUT2D eigenvalue weighted by atomic mass is 79.9. The van der Waals surface area contributed by atoms with Crippen LogP contribution in [0.1, 0.15) is 58.8 Å². The number of halogens is 1. The molecule has 0 unspecified atom stereocenters. The number of hydrogen-bond acceptors (Lipinski definition) is 1. The van der Waals surface area contributed by atoms with Gasteiger partial charge in [-0.05, 0) is 25.9 Å². The van der Waals surface area contributed by atoms with E-state index in [0.29, 0.717) is 0 Å². The van der Waals surface area contributed by atoms with Crippen LogP contribution in [0.3, 0.4) is 0 Å². The first-order chi connectivity index (χ1) is 7.35. The van der Waals surface area contributed by atoms with Gasteiger partial charge in [0.1, 0.15) is 0 Å². The highest BCUT2D eigenvalue weighted by Crippen LogP contribution is 2.05. The van der Waals surface area contributed by atoms with Crippen molar-refractivity contribution in [3.05, 3.63) is 0 Å². The monoisotopic (exact) mass is 277 g/mol. The molecule has 0 radical (unpaired) electrons. The van der Waals surface area contributed by atoms with Crippen molar-refractivity contribution >= 4 is 15.9 Å². The highest BCUT2D eigenvalue weighted by molar-refractivity contribution is 9.09. The number of nitrogens with zero attached hydrogens (tertiary/aromatic N) is 1. The molecule has 92 valence electrons. The molecule has 0 spiro atoms. The van der Waals surface area contributed by atoms with Gasteiger partial charge in [-0.3, -0.25) is 0 Å². The van der Waals surface area contributed by atoms with E-state index < -0.39 is 0 Å². The Hall–Kier alpha value is 0.440. The topological polar surface area (TPSA) is 3.24 Å². The Morgan fingerprint density at radius 2 is 1.33 bits per heavy atom. The smallest absolute Gasteiger partial charge is 0.0159 e. The van der Waals surface area contributed by atoms with Gasteiger partial charge in [0.05, 0.1) is 0 Å². The molecule has 0 aromatic carbocycles. The van der Waals surface area contributed by atoms with E-state index in [-0.39, 0.29) is 0 Å². The lowest BCUT2D eigenvalue weighted by atomic mass is 10.1. The van der Waals surface area contributed by atoms with E-state index in [1.54, 1.807) is 0 Å². The number of unbranched alkanes of at least 4 members (excludes halogenated alkanes) is 5. The molecular weight excluding hydrogens is 250 g/mol. The summed E-state index contributed by atoms with van der Waals surface area (Å²) in [5, 5.41) is 1.12. The van der Waals surface area contributed by atoms with Crippen molar-refractivity contribution in [3.8, 4) is 0 Å². The fourth-order valence-electron chi connectivity index (χ4n) is 1.78. The molecule has 0 rings (SSSR count). The van der Waals surface area contributed by atoms with Crippen LogP contribution in [0.5, 0.6) is 0 Å². The Bertz CT molecular complexity index is 117. The minimum atomic E-state index is 1.12. The molecule has 0 aliphatic heterocycles. The Morgan fingerprint density at radius 1 is 0.733 bits per heavy atom. The molecule has 0 aromatic heterocycles. The van der Waals surface area contributed by atoms with Crippen LogP contribution in [0.25, 0.3) is 0 Å². The average Bonchev–Trinajstić information content (AvgIpc) is 2.25. The first-order valence-corrected chi connectivity index (χ1v) is 7.75. The van der Waals surface area contributed by atoms with Crippen molar-refractivity contribution in [2.75, 3.05) is 25.0 Å². The van der Waals surface area contributed by atoms with E-state index >= 15 is 0 Å². The van der Waals surface area contributed by atoms with Crippen molar-refractivity contribution in [2.24, 2.45) is 0 Å². The minimum Gasteiger partial charge on any atom is -0.303 e. The molecule has 0 aliphatic carbocycles. The van der Waals surface area contributed by atoms with Crippen LogP contribution in [-0.4, -0.2) is 29.9 Å². The fraction of sp³-hybridized carbons (Fsp3) is 1.00. The van der Waals surface area contributed by atoms with Crippen molar-refractivity contribution in [3.63, 3.8) is 0 Å². The lowest BCUT2D eigenvalue weighted by Crippen LogP contribution is -2.28. The number of rotatable bonds is 11. The zero-order valence-corrected chi connectivity index (χ0v) is 12.2. The molecule has 0 amide bonds. The highest BCUT2D eigenvalue weighted by Gasteiger charge is 2.02. The van der Waals surface area contributed by atoms with Crippen LogP contribution < -0.4 is 0 Å². The van der Waals surface area contributed by atoms with Gasteiger partial charge < -0.3 is 4.90 Å². The third-order valence-electron chi connectivity index (χ3n) is 2.81. The summed E-state index contributed by atoms with van der Waals surface area (Å²) >= 11 is 3.53. The summed E-state index contributed by atoms with van der Waals surface area (Å²) in [5.41, 5.74) is 0. The second kappa shape index (κ2) is 12.5. The predicted octanol–water partition coefficient (Wildman–Crippen LogP) is 4.45. The van der Waals surface area contributed by atoms with E-state index in [9.17, 15) is 0 Å². The van der Waals surface area contributed by atoms with Crippen molar-refractivity contribution in [1.82, 2.24) is 4.90 Å². The van der Waals surface area contributed by atoms with Gasteiger partial charge in [0, 0.05) is 11.9 Å². The van der Waals surface area contributed by atoms with Crippen LogP contribution in [-0.2, 0) is 0 Å². The summed E-state index contributed by atoms with van der Waals surface area (Å²) in [6, 6.07) is 0.